The molecular weight excluding hydrogens is 526 g/mol. The minimum Gasteiger partial charge on any atom is -0.478 e. The maximum atomic E-state index is 13.0. The molecule has 2 aromatic rings. The molecule has 2 aliphatic rings. The van der Waals surface area contributed by atoms with Crippen LogP contribution in [0, 0.1) is 0 Å². The van der Waals surface area contributed by atoms with Crippen molar-refractivity contribution in [2.75, 3.05) is 24.7 Å². The fourth-order valence-electron chi connectivity index (χ4n) is 3.46. The molecule has 0 spiro atoms. The third kappa shape index (κ3) is 6.03. The number of ether oxygens (including phenoxy) is 1. The number of hydrogen-bond donors (Lipinski definition) is 3. The van der Waals surface area contributed by atoms with Gasteiger partial charge in [-0.05, 0) is 6.92 Å². The van der Waals surface area contributed by atoms with E-state index in [4.69, 9.17) is 20.4 Å². The van der Waals surface area contributed by atoms with Gasteiger partial charge in [-0.3, -0.25) is 9.59 Å². The van der Waals surface area contributed by atoms with Crippen molar-refractivity contribution in [3.8, 4) is 0 Å². The molecule has 2 aromatic heterocycles. The van der Waals surface area contributed by atoms with Crippen molar-refractivity contribution >= 4 is 57.9 Å². The smallest absolute Gasteiger partial charge is 0.347 e. The number of aromatic carboxylic acids is 1. The number of rotatable bonds is 10. The van der Waals surface area contributed by atoms with E-state index in [1.54, 1.807) is 25.5 Å². The second kappa shape index (κ2) is 11.3. The maximum absolute atomic E-state index is 13.0. The zero-order chi connectivity index (χ0) is 26.5. The minimum absolute atomic E-state index is 0.0998. The normalized spacial score (nSPS) is 18.8. The Morgan fingerprint density at radius 3 is 2.76 bits per heavy atom. The van der Waals surface area contributed by atoms with Crippen molar-refractivity contribution < 1.29 is 38.4 Å². The van der Waals surface area contributed by atoms with Crippen LogP contribution in [0.3, 0.4) is 0 Å². The number of aromatic nitrogens is 3. The topological polar surface area (TPSA) is 190 Å². The van der Waals surface area contributed by atoms with E-state index in [2.05, 4.69) is 19.8 Å². The third-order valence-electron chi connectivity index (χ3n) is 5.16. The highest BCUT2D eigenvalue weighted by molar-refractivity contribution is 8.00. The predicted octanol–water partition coefficient (Wildman–Crippen LogP) is -0.626. The van der Waals surface area contributed by atoms with Crippen LogP contribution in [-0.4, -0.2) is 79.2 Å². The molecule has 16 heteroatoms. The Labute approximate surface area is 218 Å². The summed E-state index contributed by atoms with van der Waals surface area (Å²) in [6.45, 7) is 1.75. The van der Waals surface area contributed by atoms with Crippen molar-refractivity contribution in [1.29, 1.82) is 0 Å². The summed E-state index contributed by atoms with van der Waals surface area (Å²) in [6, 6.07) is 2.19. The Bertz CT molecular complexity index is 1280. The number of carboxylic acids is 1. The van der Waals surface area contributed by atoms with E-state index in [0.717, 1.165) is 17.1 Å². The molecule has 1 fully saturated rings. The highest BCUT2D eigenvalue weighted by Gasteiger charge is 2.50. The van der Waals surface area contributed by atoms with Crippen LogP contribution >= 0.6 is 23.3 Å². The summed E-state index contributed by atoms with van der Waals surface area (Å²) in [7, 11) is 0. The van der Waals surface area contributed by atoms with Crippen LogP contribution in [0.4, 0.5) is 5.13 Å². The summed E-state index contributed by atoms with van der Waals surface area (Å²) in [5.41, 5.74) is 6.42. The van der Waals surface area contributed by atoms with Crippen LogP contribution in [0.5, 0.6) is 0 Å². The van der Waals surface area contributed by atoms with Gasteiger partial charge in [0, 0.05) is 41.2 Å². The highest BCUT2D eigenvalue weighted by atomic mass is 32.2. The molecule has 2 atom stereocenters. The zero-order valence-electron chi connectivity index (χ0n) is 19.4. The summed E-state index contributed by atoms with van der Waals surface area (Å²) in [6.07, 6.45) is 5.06. The third-order valence-corrected chi connectivity index (χ3v) is 7.08. The number of anilines is 1. The quantitative estimate of drug-likeness (QED) is 0.113. The zero-order valence-corrected chi connectivity index (χ0v) is 21.0. The van der Waals surface area contributed by atoms with E-state index in [-0.39, 0.29) is 40.1 Å². The van der Waals surface area contributed by atoms with Gasteiger partial charge in [-0.25, -0.2) is 14.2 Å². The second-order valence-corrected chi connectivity index (χ2v) is 9.61. The number of pyridine rings is 1. The first-order valence-electron chi connectivity index (χ1n) is 10.9. The van der Waals surface area contributed by atoms with Crippen LogP contribution in [0.2, 0.25) is 0 Å². The van der Waals surface area contributed by atoms with Gasteiger partial charge in [0.2, 0.25) is 18.1 Å². The number of carbonyl (C=O) groups is 4. The molecule has 37 heavy (non-hydrogen) atoms. The maximum Gasteiger partial charge on any atom is 0.347 e. The lowest BCUT2D eigenvalue weighted by Gasteiger charge is -2.47. The molecule has 0 aliphatic carbocycles. The summed E-state index contributed by atoms with van der Waals surface area (Å²) in [5.74, 6) is -2.25. The first-order chi connectivity index (χ1) is 17.8. The monoisotopic (exact) mass is 548 g/mol. The SMILES string of the molecule is CCOC(=O)CON=C(C(=O)NC1C(=O)N2C=C(C[n+]3ccc(C(=O)O)cc3)CS[C@@H]12)c1nsc(N)n1. The number of hydrogen-bond acceptors (Lipinski definition) is 12. The van der Waals surface area contributed by atoms with Gasteiger partial charge in [-0.2, -0.15) is 9.36 Å². The fourth-order valence-corrected chi connectivity index (χ4v) is 5.15. The van der Waals surface area contributed by atoms with Crippen molar-refractivity contribution in [2.45, 2.75) is 24.9 Å². The Balaban J connectivity index is 1.40. The van der Waals surface area contributed by atoms with Gasteiger partial charge in [0.1, 0.15) is 11.4 Å². The van der Waals surface area contributed by atoms with Gasteiger partial charge in [-0.1, -0.05) is 5.16 Å². The Hall–Kier alpha value is -4.05. The largest absolute Gasteiger partial charge is 0.478 e. The molecule has 4 rings (SSSR count). The Morgan fingerprint density at radius 1 is 1.35 bits per heavy atom. The van der Waals surface area contributed by atoms with E-state index in [1.807, 2.05) is 4.57 Å². The number of nitrogens with one attached hydrogen (secondary N) is 1. The van der Waals surface area contributed by atoms with Crippen molar-refractivity contribution in [3.63, 3.8) is 0 Å². The molecule has 4 heterocycles. The molecule has 0 aromatic carbocycles. The summed E-state index contributed by atoms with van der Waals surface area (Å²) >= 11 is 2.32. The van der Waals surface area contributed by atoms with E-state index in [0.29, 0.717) is 12.3 Å². The van der Waals surface area contributed by atoms with Crippen molar-refractivity contribution in [2.24, 2.45) is 5.16 Å². The molecular formula is C21H22N7O7S2+. The van der Waals surface area contributed by atoms with Crippen molar-refractivity contribution in [3.05, 3.63) is 47.7 Å². The number of fused-ring (bicyclic) bond motifs is 1. The van der Waals surface area contributed by atoms with E-state index < -0.39 is 30.5 Å². The number of carboxylic acid groups (broad SMARTS) is 1. The molecule has 2 amide bonds. The van der Waals surface area contributed by atoms with E-state index in [1.165, 1.54) is 28.8 Å². The van der Waals surface area contributed by atoms with Gasteiger partial charge in [0.15, 0.2) is 24.1 Å². The lowest BCUT2D eigenvalue weighted by Crippen LogP contribution is -2.69. The lowest BCUT2D eigenvalue weighted by atomic mass is 10.1. The predicted molar refractivity (Wildman–Crippen MR) is 130 cm³/mol. The minimum atomic E-state index is -1.01. The Morgan fingerprint density at radius 2 is 2.11 bits per heavy atom. The van der Waals surface area contributed by atoms with Gasteiger partial charge in [0.25, 0.3) is 11.8 Å². The molecule has 2 aliphatic heterocycles. The number of nitrogen functional groups attached to an aromatic ring is 1. The van der Waals surface area contributed by atoms with Gasteiger partial charge < -0.3 is 30.6 Å². The number of oxime groups is 1. The number of nitrogens with zero attached hydrogens (tertiary/aromatic N) is 5. The highest BCUT2D eigenvalue weighted by Crippen LogP contribution is 2.36. The standard InChI is InChI=1S/C21H21N7O7S2/c1-2-34-13(29)9-35-25-14(16-24-21(22)37-26-16)17(30)23-15-18(31)28-8-11(10-36-19(15)28)7-27-5-3-12(4-6-27)20(32)33/h3-6,8,15,19H,2,7,9-10H2,1H3,(H3-,22,23,24,26,30,32,33)/p+1/t15?,19-/m0/s1. The van der Waals surface area contributed by atoms with E-state index in [9.17, 15) is 19.2 Å². The second-order valence-electron chi connectivity index (χ2n) is 7.72. The van der Waals surface area contributed by atoms with Crippen LogP contribution in [0.15, 0.2) is 41.5 Å². The average Bonchev–Trinajstić information content (AvgIpc) is 3.31. The number of carbonyl (C=O) groups excluding carboxylic acids is 3. The molecule has 1 saturated heterocycles. The van der Waals surface area contributed by atoms with Crippen LogP contribution < -0.4 is 15.6 Å². The fraction of sp³-hybridized carbons (Fsp3) is 0.333. The molecule has 194 valence electrons. The molecule has 1 unspecified atom stereocenters. The number of nitrogens with two attached hydrogens (primary N) is 1. The number of thioether (sulfide) groups is 1. The van der Waals surface area contributed by atoms with Gasteiger partial charge in [-0.15, -0.1) is 11.8 Å². The molecule has 0 bridgehead atoms. The van der Waals surface area contributed by atoms with Gasteiger partial charge in [0.05, 0.1) is 12.2 Å². The summed E-state index contributed by atoms with van der Waals surface area (Å²) in [5, 5.41) is 15.1. The number of esters is 1. The molecule has 4 N–H and O–H groups in total. The van der Waals surface area contributed by atoms with E-state index >= 15 is 0 Å². The molecule has 0 saturated carbocycles. The average molecular weight is 549 g/mol. The number of β-lactam (4-membered cyclic amide) rings is 1. The molecule has 14 nitrogen and oxygen atoms in total. The van der Waals surface area contributed by atoms with Crippen LogP contribution in [0.25, 0.3) is 0 Å². The summed E-state index contributed by atoms with van der Waals surface area (Å²) < 4.78 is 10.5. The Kier molecular flexibility index (Phi) is 7.98. The number of amides is 2. The molecule has 0 radical (unpaired) electrons. The van der Waals surface area contributed by atoms with Crippen LogP contribution in [0.1, 0.15) is 23.1 Å². The summed E-state index contributed by atoms with van der Waals surface area (Å²) in [4.78, 5) is 58.7. The lowest BCUT2D eigenvalue weighted by molar-refractivity contribution is -0.689. The first-order valence-corrected chi connectivity index (χ1v) is 12.7. The van der Waals surface area contributed by atoms with Crippen molar-refractivity contribution in [1.82, 2.24) is 19.6 Å². The first kappa shape index (κ1) is 26.0. The van der Waals surface area contributed by atoms with Gasteiger partial charge >= 0.3 is 11.9 Å². The van der Waals surface area contributed by atoms with Crippen LogP contribution in [-0.2, 0) is 30.5 Å².